The molecule has 1 aliphatic heterocycles. The number of carbonyl (C=O) groups excluding carboxylic acids is 2. The van der Waals surface area contributed by atoms with Crippen LogP contribution in [0.3, 0.4) is 0 Å². The maximum atomic E-state index is 13.6. The molecule has 0 aliphatic carbocycles. The number of anilines is 2. The molecule has 0 fully saturated rings. The fourth-order valence-corrected chi connectivity index (χ4v) is 3.59. The molecule has 1 heterocycles. The first-order valence-electron chi connectivity index (χ1n) is 9.63. The van der Waals surface area contributed by atoms with Crippen LogP contribution >= 0.6 is 11.6 Å². The van der Waals surface area contributed by atoms with Gasteiger partial charge in [-0.2, -0.15) is 0 Å². The molecule has 1 aliphatic rings. The molecule has 2 atom stereocenters. The van der Waals surface area contributed by atoms with Crippen LogP contribution < -0.4 is 15.0 Å². The zero-order valence-corrected chi connectivity index (χ0v) is 18.3. The number of fused-ring (bicyclic) bond motifs is 1. The van der Waals surface area contributed by atoms with Crippen molar-refractivity contribution in [1.29, 1.82) is 0 Å². The quantitative estimate of drug-likeness (QED) is 0.707. The number of nitrogens with one attached hydrogen (secondary N) is 1. The molecule has 2 aromatic carbocycles. The molecule has 0 radical (unpaired) electrons. The standard InChI is InChI=1S/C22H26ClN3O4/c1-14(27)30-21-20(15-5-8-17(29-4)9-6-15)24-18-13-16(23)7-10-19(18)26(22(21)28)12-11-25(2)3/h5-10,13,20-21,24H,11-12H2,1-4H3/t20-,21-/m0/s1. The van der Waals surface area contributed by atoms with Crippen LogP contribution in [0.1, 0.15) is 18.5 Å². The van der Waals surface area contributed by atoms with Gasteiger partial charge in [0, 0.05) is 25.0 Å². The smallest absolute Gasteiger partial charge is 0.303 e. The van der Waals surface area contributed by atoms with Gasteiger partial charge < -0.3 is 24.6 Å². The summed E-state index contributed by atoms with van der Waals surface area (Å²) < 4.78 is 10.8. The van der Waals surface area contributed by atoms with E-state index >= 15 is 0 Å². The van der Waals surface area contributed by atoms with E-state index in [-0.39, 0.29) is 5.91 Å². The molecule has 0 unspecified atom stereocenters. The summed E-state index contributed by atoms with van der Waals surface area (Å²) in [5, 5.41) is 3.92. The summed E-state index contributed by atoms with van der Waals surface area (Å²) in [5.41, 5.74) is 2.18. The van der Waals surface area contributed by atoms with Gasteiger partial charge >= 0.3 is 5.97 Å². The number of amides is 1. The van der Waals surface area contributed by atoms with E-state index < -0.39 is 18.1 Å². The van der Waals surface area contributed by atoms with Gasteiger partial charge in [0.05, 0.1) is 24.5 Å². The number of rotatable bonds is 6. The Labute approximate surface area is 181 Å². The monoisotopic (exact) mass is 431 g/mol. The summed E-state index contributed by atoms with van der Waals surface area (Å²) in [6.07, 6.45) is -1.04. The molecular formula is C22H26ClN3O4. The number of hydrogen-bond acceptors (Lipinski definition) is 6. The van der Waals surface area contributed by atoms with Crippen LogP contribution in [0.25, 0.3) is 0 Å². The highest BCUT2D eigenvalue weighted by Gasteiger charge is 2.40. The lowest BCUT2D eigenvalue weighted by molar-refractivity contribution is -0.153. The Balaban J connectivity index is 2.09. The van der Waals surface area contributed by atoms with Crippen LogP contribution in [0.5, 0.6) is 5.75 Å². The molecule has 30 heavy (non-hydrogen) atoms. The van der Waals surface area contributed by atoms with E-state index in [9.17, 15) is 9.59 Å². The average Bonchev–Trinajstić information content (AvgIpc) is 2.81. The van der Waals surface area contributed by atoms with Gasteiger partial charge in [0.15, 0.2) is 0 Å². The predicted molar refractivity (Wildman–Crippen MR) is 117 cm³/mol. The SMILES string of the molecule is COc1ccc([C@@H]2Nc3cc(Cl)ccc3N(CCN(C)C)C(=O)[C@H]2OC(C)=O)cc1. The van der Waals surface area contributed by atoms with E-state index in [1.165, 1.54) is 6.92 Å². The highest BCUT2D eigenvalue weighted by molar-refractivity contribution is 6.31. The number of nitrogens with zero attached hydrogens (tertiary/aromatic N) is 2. The number of benzene rings is 2. The Morgan fingerprint density at radius 2 is 1.90 bits per heavy atom. The van der Waals surface area contributed by atoms with Gasteiger partial charge in [-0.15, -0.1) is 0 Å². The third-order valence-electron chi connectivity index (χ3n) is 4.91. The molecule has 0 saturated carbocycles. The Morgan fingerprint density at radius 3 is 2.50 bits per heavy atom. The molecule has 160 valence electrons. The Morgan fingerprint density at radius 1 is 1.20 bits per heavy atom. The number of likely N-dealkylation sites (N-methyl/N-ethyl adjacent to an activating group) is 1. The second-order valence-corrected chi connectivity index (χ2v) is 7.82. The van der Waals surface area contributed by atoms with Crippen molar-refractivity contribution in [1.82, 2.24) is 4.90 Å². The second kappa shape index (κ2) is 9.36. The van der Waals surface area contributed by atoms with Crippen molar-refractivity contribution in [2.75, 3.05) is 44.5 Å². The highest BCUT2D eigenvalue weighted by Crippen LogP contribution is 2.38. The Hall–Kier alpha value is -2.77. The number of esters is 1. The van der Waals surface area contributed by atoms with E-state index in [1.807, 2.05) is 31.1 Å². The van der Waals surface area contributed by atoms with E-state index in [2.05, 4.69) is 5.32 Å². The van der Waals surface area contributed by atoms with Crippen molar-refractivity contribution in [2.45, 2.75) is 19.1 Å². The minimum atomic E-state index is -1.04. The van der Waals surface area contributed by atoms with E-state index in [1.54, 1.807) is 42.3 Å². The van der Waals surface area contributed by atoms with Gasteiger partial charge in [-0.3, -0.25) is 9.59 Å². The molecule has 1 amide bonds. The minimum absolute atomic E-state index is 0.290. The lowest BCUT2D eigenvalue weighted by Gasteiger charge is -2.28. The first kappa shape index (κ1) is 21.9. The van der Waals surface area contributed by atoms with Crippen molar-refractivity contribution in [3.8, 4) is 5.75 Å². The van der Waals surface area contributed by atoms with E-state index in [0.29, 0.717) is 35.2 Å². The fraction of sp³-hybridized carbons (Fsp3) is 0.364. The maximum Gasteiger partial charge on any atom is 0.303 e. The summed E-state index contributed by atoms with van der Waals surface area (Å²) >= 11 is 6.24. The molecule has 8 heteroatoms. The lowest BCUT2D eigenvalue weighted by atomic mass is 10.00. The van der Waals surface area contributed by atoms with Crippen molar-refractivity contribution in [2.24, 2.45) is 0 Å². The molecule has 7 nitrogen and oxygen atoms in total. The van der Waals surface area contributed by atoms with Crippen molar-refractivity contribution < 1.29 is 19.1 Å². The zero-order chi connectivity index (χ0) is 21.8. The number of halogens is 1. The van der Waals surface area contributed by atoms with Gasteiger partial charge in [0.25, 0.3) is 5.91 Å². The molecule has 2 aromatic rings. The largest absolute Gasteiger partial charge is 0.497 e. The molecule has 3 rings (SSSR count). The average molecular weight is 432 g/mol. The molecular weight excluding hydrogens is 406 g/mol. The van der Waals surface area contributed by atoms with Crippen LogP contribution in [0.15, 0.2) is 42.5 Å². The van der Waals surface area contributed by atoms with Gasteiger partial charge in [-0.1, -0.05) is 23.7 Å². The van der Waals surface area contributed by atoms with Gasteiger partial charge in [-0.05, 0) is 50.0 Å². The Kier molecular flexibility index (Phi) is 6.84. The Bertz CT molecular complexity index is 917. The molecule has 0 aromatic heterocycles. The highest BCUT2D eigenvalue weighted by atomic mass is 35.5. The summed E-state index contributed by atoms with van der Waals surface area (Å²) in [4.78, 5) is 29.1. The van der Waals surface area contributed by atoms with Gasteiger partial charge in [0.1, 0.15) is 5.75 Å². The van der Waals surface area contributed by atoms with Crippen LogP contribution in [-0.2, 0) is 14.3 Å². The predicted octanol–water partition coefficient (Wildman–Crippen LogP) is 3.34. The summed E-state index contributed by atoms with van der Waals surface area (Å²) in [5.74, 6) is -0.120. The number of carbonyl (C=O) groups is 2. The zero-order valence-electron chi connectivity index (χ0n) is 17.5. The fourth-order valence-electron chi connectivity index (χ4n) is 3.41. The molecule has 0 spiro atoms. The first-order valence-corrected chi connectivity index (χ1v) is 10.0. The van der Waals surface area contributed by atoms with Crippen molar-refractivity contribution >= 4 is 34.9 Å². The molecule has 0 bridgehead atoms. The molecule has 1 N–H and O–H groups in total. The van der Waals surface area contributed by atoms with E-state index in [0.717, 1.165) is 5.56 Å². The van der Waals surface area contributed by atoms with Crippen LogP contribution in [0.2, 0.25) is 5.02 Å². The third kappa shape index (κ3) is 4.86. The topological polar surface area (TPSA) is 71.1 Å². The van der Waals surface area contributed by atoms with Crippen LogP contribution in [0.4, 0.5) is 11.4 Å². The number of ether oxygens (including phenoxy) is 2. The lowest BCUT2D eigenvalue weighted by Crippen LogP contribution is -2.46. The molecule has 0 saturated heterocycles. The third-order valence-corrected chi connectivity index (χ3v) is 5.15. The summed E-state index contributed by atoms with van der Waals surface area (Å²) in [7, 11) is 5.46. The van der Waals surface area contributed by atoms with Gasteiger partial charge in [-0.25, -0.2) is 0 Å². The van der Waals surface area contributed by atoms with Gasteiger partial charge in [0.2, 0.25) is 6.10 Å². The minimum Gasteiger partial charge on any atom is -0.497 e. The van der Waals surface area contributed by atoms with Crippen LogP contribution in [-0.4, -0.2) is 57.2 Å². The second-order valence-electron chi connectivity index (χ2n) is 7.38. The normalized spacial score (nSPS) is 18.5. The van der Waals surface area contributed by atoms with Crippen molar-refractivity contribution in [3.05, 3.63) is 53.1 Å². The number of hydrogen-bond donors (Lipinski definition) is 1. The number of methoxy groups -OCH3 is 1. The van der Waals surface area contributed by atoms with Crippen molar-refractivity contribution in [3.63, 3.8) is 0 Å². The van der Waals surface area contributed by atoms with E-state index in [4.69, 9.17) is 21.1 Å². The maximum absolute atomic E-state index is 13.6. The van der Waals surface area contributed by atoms with Crippen LogP contribution in [0, 0.1) is 0 Å². The summed E-state index contributed by atoms with van der Waals surface area (Å²) in [6, 6.07) is 12.0. The summed E-state index contributed by atoms with van der Waals surface area (Å²) in [6.45, 7) is 2.39. The first-order chi connectivity index (χ1) is 14.3.